The maximum Gasteiger partial charge on any atom is 0.335 e. The van der Waals surface area contributed by atoms with Gasteiger partial charge in [0.05, 0.1) is 22.7 Å². The molecule has 0 aliphatic carbocycles. The molecule has 2 heterocycles. The normalized spacial score (nSPS) is 11.9. The van der Waals surface area contributed by atoms with Crippen LogP contribution in [0.25, 0.3) is 16.6 Å². The number of hydrogen-bond acceptors (Lipinski definition) is 2. The van der Waals surface area contributed by atoms with E-state index in [9.17, 15) is 18.4 Å². The lowest BCUT2D eigenvalue weighted by Crippen LogP contribution is -2.27. The smallest absolute Gasteiger partial charge is 0.335 e. The summed E-state index contributed by atoms with van der Waals surface area (Å²) in [5.74, 6) is -3.33. The van der Waals surface area contributed by atoms with Crippen LogP contribution in [0.4, 0.5) is 8.78 Å². The number of carboxylic acids is 1. The van der Waals surface area contributed by atoms with E-state index in [1.165, 1.54) is 18.2 Å². The number of aromatic carboxylic acids is 1. The number of halogens is 3. The molecule has 5 aromatic rings. The van der Waals surface area contributed by atoms with E-state index in [0.717, 1.165) is 28.8 Å². The van der Waals surface area contributed by atoms with Gasteiger partial charge in [0.15, 0.2) is 11.6 Å². The molecule has 0 bridgehead atoms. The molecule has 0 aliphatic heterocycles. The largest absolute Gasteiger partial charge is 0.478 e. The van der Waals surface area contributed by atoms with Crippen LogP contribution in [0.1, 0.15) is 50.4 Å². The fourth-order valence-corrected chi connectivity index (χ4v) is 4.69. The molecular formula is C31H23ClF2N2O3. The summed E-state index contributed by atoms with van der Waals surface area (Å²) in [4.78, 5) is 24.9. The third-order valence-electron chi connectivity index (χ3n) is 6.64. The zero-order valence-electron chi connectivity index (χ0n) is 20.8. The van der Waals surface area contributed by atoms with E-state index in [1.54, 1.807) is 43.5 Å². The van der Waals surface area contributed by atoms with E-state index in [1.807, 2.05) is 28.8 Å². The maximum absolute atomic E-state index is 14.0. The second kappa shape index (κ2) is 10.7. The zero-order chi connectivity index (χ0) is 27.7. The Labute approximate surface area is 228 Å². The molecule has 0 saturated carbocycles. The van der Waals surface area contributed by atoms with Gasteiger partial charge in [0.25, 0.3) is 5.91 Å². The van der Waals surface area contributed by atoms with Gasteiger partial charge >= 0.3 is 5.97 Å². The number of carbonyl (C=O) groups excluding carboxylic acids is 1. The van der Waals surface area contributed by atoms with Crippen LogP contribution in [-0.2, 0) is 6.42 Å². The minimum Gasteiger partial charge on any atom is -0.478 e. The minimum absolute atomic E-state index is 0.151. The van der Waals surface area contributed by atoms with E-state index >= 15 is 0 Å². The van der Waals surface area contributed by atoms with E-state index < -0.39 is 23.6 Å². The van der Waals surface area contributed by atoms with Crippen molar-refractivity contribution in [3.8, 4) is 11.1 Å². The van der Waals surface area contributed by atoms with Crippen molar-refractivity contribution in [2.75, 3.05) is 0 Å². The molecule has 1 amide bonds. The molecular weight excluding hydrogens is 522 g/mol. The van der Waals surface area contributed by atoms with Crippen molar-refractivity contribution in [3.05, 3.63) is 136 Å². The van der Waals surface area contributed by atoms with Gasteiger partial charge in [0, 0.05) is 17.4 Å². The summed E-state index contributed by atoms with van der Waals surface area (Å²) in [7, 11) is 0. The number of amides is 1. The van der Waals surface area contributed by atoms with Crippen LogP contribution in [0.5, 0.6) is 0 Å². The first-order valence-electron chi connectivity index (χ1n) is 12.2. The predicted octanol–water partition coefficient (Wildman–Crippen LogP) is 7.32. The highest BCUT2D eigenvalue weighted by atomic mass is 35.5. The lowest BCUT2D eigenvalue weighted by atomic mass is 10.00. The second-order valence-electron chi connectivity index (χ2n) is 9.29. The molecule has 2 N–H and O–H groups in total. The summed E-state index contributed by atoms with van der Waals surface area (Å²) in [6.45, 7) is 1.80. The van der Waals surface area contributed by atoms with Crippen molar-refractivity contribution in [2.45, 2.75) is 19.4 Å². The van der Waals surface area contributed by atoms with Gasteiger partial charge in [0.2, 0.25) is 0 Å². The van der Waals surface area contributed by atoms with Gasteiger partial charge in [0.1, 0.15) is 0 Å². The lowest BCUT2D eigenvalue weighted by Gasteiger charge is -2.17. The van der Waals surface area contributed by atoms with Crippen molar-refractivity contribution < 1.29 is 23.5 Å². The molecule has 0 fully saturated rings. The summed E-state index contributed by atoms with van der Waals surface area (Å²) in [5, 5.41) is 12.8. The minimum atomic E-state index is -1.03. The first kappa shape index (κ1) is 26.1. The van der Waals surface area contributed by atoms with E-state index in [-0.39, 0.29) is 11.5 Å². The van der Waals surface area contributed by atoms with Gasteiger partial charge in [-0.3, -0.25) is 4.79 Å². The Morgan fingerprint density at radius 3 is 2.31 bits per heavy atom. The van der Waals surface area contributed by atoms with Crippen molar-refractivity contribution in [1.29, 1.82) is 0 Å². The van der Waals surface area contributed by atoms with Gasteiger partial charge in [-0.2, -0.15) is 0 Å². The number of nitrogens with zero attached hydrogens (tertiary/aromatic N) is 1. The Kier molecular flexibility index (Phi) is 7.17. The lowest BCUT2D eigenvalue weighted by molar-refractivity contribution is 0.0696. The van der Waals surface area contributed by atoms with Crippen molar-refractivity contribution in [2.24, 2.45) is 0 Å². The highest BCUT2D eigenvalue weighted by Crippen LogP contribution is 2.29. The average molecular weight is 545 g/mol. The fraction of sp³-hybridized carbons (Fsp3) is 0.0968. The summed E-state index contributed by atoms with van der Waals surface area (Å²) < 4.78 is 29.5. The molecule has 0 aliphatic rings. The van der Waals surface area contributed by atoms with Gasteiger partial charge < -0.3 is 14.8 Å². The Hall–Kier alpha value is -4.49. The molecule has 5 rings (SSSR count). The average Bonchev–Trinajstić information content (AvgIpc) is 3.33. The van der Waals surface area contributed by atoms with Crippen LogP contribution >= 0.6 is 11.6 Å². The molecule has 0 unspecified atom stereocenters. The first-order valence-corrected chi connectivity index (χ1v) is 12.5. The predicted molar refractivity (Wildman–Crippen MR) is 146 cm³/mol. The standard InChI is InChI=1S/C31H23ClF2N2O3/c1-18(20-4-6-21(7-5-20)31(38)39)35-30(37)26-15-24(22-8-11-27(33)28(34)16-22)17-36-13-12-23(29(26)36)14-19-2-9-25(32)10-3-19/h2-13,15-18H,14H2,1H3,(H,35,37)(H,38,39)/t18-/m0/s1. The number of pyridine rings is 1. The highest BCUT2D eigenvalue weighted by Gasteiger charge is 2.20. The fourth-order valence-electron chi connectivity index (χ4n) is 4.56. The zero-order valence-corrected chi connectivity index (χ0v) is 21.5. The van der Waals surface area contributed by atoms with Crippen LogP contribution in [0.3, 0.4) is 0 Å². The van der Waals surface area contributed by atoms with E-state index in [0.29, 0.717) is 33.7 Å². The quantitative estimate of drug-likeness (QED) is 0.225. The third kappa shape index (κ3) is 5.54. The third-order valence-corrected chi connectivity index (χ3v) is 6.89. The number of carbonyl (C=O) groups is 2. The van der Waals surface area contributed by atoms with Gasteiger partial charge in [-0.05, 0) is 89.7 Å². The van der Waals surface area contributed by atoms with Crippen LogP contribution < -0.4 is 5.32 Å². The van der Waals surface area contributed by atoms with E-state index in [2.05, 4.69) is 5.32 Å². The maximum atomic E-state index is 14.0. The molecule has 0 saturated heterocycles. The second-order valence-corrected chi connectivity index (χ2v) is 9.73. The molecule has 0 radical (unpaired) electrons. The summed E-state index contributed by atoms with van der Waals surface area (Å²) in [5.41, 5.74) is 4.81. The van der Waals surface area contributed by atoms with Crippen LogP contribution in [0.2, 0.25) is 5.02 Å². The molecule has 3 aromatic carbocycles. The summed E-state index contributed by atoms with van der Waals surface area (Å²) in [6.07, 6.45) is 4.15. The van der Waals surface area contributed by atoms with Crippen LogP contribution in [0, 0.1) is 11.6 Å². The number of benzene rings is 3. The molecule has 39 heavy (non-hydrogen) atoms. The number of aromatic nitrogens is 1. The number of rotatable bonds is 7. The molecule has 2 aromatic heterocycles. The van der Waals surface area contributed by atoms with E-state index in [4.69, 9.17) is 16.7 Å². The number of hydrogen-bond donors (Lipinski definition) is 2. The highest BCUT2D eigenvalue weighted by molar-refractivity contribution is 6.30. The van der Waals surface area contributed by atoms with Crippen molar-refractivity contribution in [1.82, 2.24) is 9.72 Å². The Morgan fingerprint density at radius 1 is 0.923 bits per heavy atom. The number of fused-ring (bicyclic) bond motifs is 1. The molecule has 1 atom stereocenters. The SMILES string of the molecule is C[C@H](NC(=O)c1cc(-c2ccc(F)c(F)c2)cn2ccc(Cc3ccc(Cl)cc3)c12)c1ccc(C(=O)O)cc1. The Bertz CT molecular complexity index is 1700. The first-order chi connectivity index (χ1) is 18.7. The van der Waals surface area contributed by atoms with Crippen molar-refractivity contribution >= 4 is 29.0 Å². The Balaban J connectivity index is 1.56. The summed E-state index contributed by atoms with van der Waals surface area (Å²) >= 11 is 6.04. The topological polar surface area (TPSA) is 70.8 Å². The monoisotopic (exact) mass is 544 g/mol. The molecule has 196 valence electrons. The number of nitrogens with one attached hydrogen (secondary N) is 1. The van der Waals surface area contributed by atoms with Crippen LogP contribution in [0.15, 0.2) is 91.3 Å². The molecule has 5 nitrogen and oxygen atoms in total. The van der Waals surface area contributed by atoms with Gasteiger partial charge in [-0.1, -0.05) is 41.9 Å². The van der Waals surface area contributed by atoms with Crippen LogP contribution in [-0.4, -0.2) is 21.4 Å². The number of carboxylic acid groups (broad SMARTS) is 1. The van der Waals surface area contributed by atoms with Gasteiger partial charge in [-0.15, -0.1) is 0 Å². The summed E-state index contributed by atoms with van der Waals surface area (Å²) in [6, 6.07) is 20.5. The van der Waals surface area contributed by atoms with Gasteiger partial charge in [-0.25, -0.2) is 13.6 Å². The molecule has 0 spiro atoms. The molecule has 8 heteroatoms. The van der Waals surface area contributed by atoms with Crippen molar-refractivity contribution in [3.63, 3.8) is 0 Å². The Morgan fingerprint density at radius 2 is 1.64 bits per heavy atom.